The Bertz CT molecular complexity index is 1120. The maximum Gasteiger partial charge on any atom is 0.410 e. The lowest BCUT2D eigenvalue weighted by Crippen LogP contribution is -2.47. The highest BCUT2D eigenvalue weighted by Crippen LogP contribution is 2.21. The van der Waals surface area contributed by atoms with Crippen molar-refractivity contribution >= 4 is 23.7 Å². The highest BCUT2D eigenvalue weighted by molar-refractivity contribution is 5.85. The van der Waals surface area contributed by atoms with E-state index >= 15 is 0 Å². The molecule has 0 N–H and O–H groups in total. The Morgan fingerprint density at radius 2 is 1.56 bits per heavy atom. The van der Waals surface area contributed by atoms with Crippen LogP contribution in [0.15, 0.2) is 54.6 Å². The number of anilines is 1. The molecule has 1 heterocycles. The molecule has 1 aliphatic heterocycles. The fraction of sp³-hybridized carbons (Fsp3) is 0.531. The molecule has 9 heteroatoms. The highest BCUT2D eigenvalue weighted by atomic mass is 16.6. The first-order valence-electron chi connectivity index (χ1n) is 14.2. The van der Waals surface area contributed by atoms with Crippen LogP contribution in [0.5, 0.6) is 0 Å². The Labute approximate surface area is 243 Å². The van der Waals surface area contributed by atoms with Crippen LogP contribution < -0.4 is 4.90 Å². The number of benzene rings is 2. The first-order valence-corrected chi connectivity index (χ1v) is 14.2. The molecule has 0 saturated carbocycles. The molecular weight excluding hydrogens is 524 g/mol. The summed E-state index contributed by atoms with van der Waals surface area (Å²) in [6, 6.07) is 16.2. The van der Waals surface area contributed by atoms with E-state index in [2.05, 4.69) is 4.90 Å². The second-order valence-corrected chi connectivity index (χ2v) is 11.7. The molecule has 0 unspecified atom stereocenters. The number of carbonyl (C=O) groups excluding carboxylic acids is 3. The smallest absolute Gasteiger partial charge is 0.410 e. The zero-order chi connectivity index (χ0) is 30.0. The number of rotatable bonds is 11. The second kappa shape index (κ2) is 14.9. The lowest BCUT2D eigenvalue weighted by atomic mass is 10.0. The number of esters is 2. The summed E-state index contributed by atoms with van der Waals surface area (Å²) in [6.45, 7) is 12.2. The number of nitrogens with zero attached hydrogens (tertiary/aromatic N) is 2. The standard InChI is InChI=1S/C32H44N2O7/c1-23(2)20-27(33(6)31(37)41-32(3,4)5)29(35)40-28(30(36)39-22-25-10-8-7-9-11-25)21-24-12-14-26(15-13-24)34-16-18-38-19-17-34/h7-15,23,27-28H,16-22H2,1-6H3/t27-,28+/m0/s1. The monoisotopic (exact) mass is 568 g/mol. The molecule has 1 saturated heterocycles. The molecule has 3 rings (SSSR count). The minimum atomic E-state index is -1.19. The van der Waals surface area contributed by atoms with Crippen LogP contribution in [0, 0.1) is 5.92 Å². The van der Waals surface area contributed by atoms with Gasteiger partial charge in [-0.1, -0.05) is 56.3 Å². The lowest BCUT2D eigenvalue weighted by Gasteiger charge is -2.31. The van der Waals surface area contributed by atoms with Gasteiger partial charge < -0.3 is 23.8 Å². The quantitative estimate of drug-likeness (QED) is 0.276. The molecule has 0 aliphatic carbocycles. The number of carbonyl (C=O) groups is 3. The fourth-order valence-corrected chi connectivity index (χ4v) is 4.41. The van der Waals surface area contributed by atoms with Gasteiger partial charge >= 0.3 is 18.0 Å². The third-order valence-corrected chi connectivity index (χ3v) is 6.59. The van der Waals surface area contributed by atoms with Crippen LogP contribution >= 0.6 is 0 Å². The minimum Gasteiger partial charge on any atom is -0.458 e. The Kier molecular flexibility index (Phi) is 11.6. The van der Waals surface area contributed by atoms with E-state index < -0.39 is 35.8 Å². The summed E-state index contributed by atoms with van der Waals surface area (Å²) in [4.78, 5) is 43.1. The molecule has 0 spiro atoms. The molecule has 0 aromatic heterocycles. The largest absolute Gasteiger partial charge is 0.458 e. The van der Waals surface area contributed by atoms with Gasteiger partial charge in [-0.05, 0) is 56.4 Å². The van der Waals surface area contributed by atoms with E-state index in [4.69, 9.17) is 18.9 Å². The molecule has 1 amide bonds. The van der Waals surface area contributed by atoms with Crippen LogP contribution in [-0.2, 0) is 41.6 Å². The first kappa shape index (κ1) is 31.9. The van der Waals surface area contributed by atoms with Crippen molar-refractivity contribution in [3.8, 4) is 0 Å². The summed E-state index contributed by atoms with van der Waals surface area (Å²) in [5.41, 5.74) is 1.98. The van der Waals surface area contributed by atoms with Gasteiger partial charge in [0.1, 0.15) is 18.2 Å². The maximum absolute atomic E-state index is 13.5. The third-order valence-electron chi connectivity index (χ3n) is 6.59. The summed E-state index contributed by atoms with van der Waals surface area (Å²) in [5, 5.41) is 0. The SMILES string of the molecule is CC(C)C[C@@H](C(=O)O[C@H](Cc1ccc(N2CCOCC2)cc1)C(=O)OCc1ccccc1)N(C)C(=O)OC(C)(C)C. The molecule has 41 heavy (non-hydrogen) atoms. The van der Waals surface area contributed by atoms with Crippen LogP contribution in [0.4, 0.5) is 10.5 Å². The highest BCUT2D eigenvalue weighted by Gasteiger charge is 2.35. The first-order chi connectivity index (χ1) is 19.4. The van der Waals surface area contributed by atoms with Gasteiger partial charge in [0, 0.05) is 32.2 Å². The van der Waals surface area contributed by atoms with Crippen molar-refractivity contribution in [2.24, 2.45) is 5.92 Å². The number of hydrogen-bond donors (Lipinski definition) is 0. The predicted octanol–water partition coefficient (Wildman–Crippen LogP) is 5.00. The van der Waals surface area contributed by atoms with Crippen molar-refractivity contribution < 1.29 is 33.3 Å². The maximum atomic E-state index is 13.5. The van der Waals surface area contributed by atoms with E-state index in [0.717, 1.165) is 29.9 Å². The van der Waals surface area contributed by atoms with Gasteiger partial charge in [0.2, 0.25) is 6.10 Å². The van der Waals surface area contributed by atoms with Gasteiger partial charge in [-0.3, -0.25) is 4.90 Å². The number of amides is 1. The molecule has 2 aromatic carbocycles. The molecule has 224 valence electrons. The zero-order valence-corrected chi connectivity index (χ0v) is 25.1. The van der Waals surface area contributed by atoms with E-state index in [-0.39, 0.29) is 18.9 Å². The number of likely N-dealkylation sites (N-methyl/N-ethyl adjacent to an activating group) is 1. The van der Waals surface area contributed by atoms with Crippen LogP contribution in [0.1, 0.15) is 52.2 Å². The number of hydrogen-bond acceptors (Lipinski definition) is 8. The molecule has 1 fully saturated rings. The van der Waals surface area contributed by atoms with E-state index in [1.54, 1.807) is 20.8 Å². The van der Waals surface area contributed by atoms with Crippen molar-refractivity contribution in [2.45, 2.75) is 71.8 Å². The number of morpholine rings is 1. The van der Waals surface area contributed by atoms with Crippen molar-refractivity contribution in [3.63, 3.8) is 0 Å². The van der Waals surface area contributed by atoms with Crippen LogP contribution in [0.2, 0.25) is 0 Å². The lowest BCUT2D eigenvalue weighted by molar-refractivity contribution is -0.171. The fourth-order valence-electron chi connectivity index (χ4n) is 4.41. The zero-order valence-electron chi connectivity index (χ0n) is 25.1. The van der Waals surface area contributed by atoms with Crippen molar-refractivity contribution in [1.82, 2.24) is 4.90 Å². The third kappa shape index (κ3) is 10.4. The van der Waals surface area contributed by atoms with E-state index in [9.17, 15) is 14.4 Å². The molecule has 1 aliphatic rings. The van der Waals surface area contributed by atoms with Crippen molar-refractivity contribution in [3.05, 3.63) is 65.7 Å². The van der Waals surface area contributed by atoms with Crippen LogP contribution in [0.3, 0.4) is 0 Å². The summed E-state index contributed by atoms with van der Waals surface area (Å²) in [7, 11) is 1.51. The Balaban J connectivity index is 1.78. The van der Waals surface area contributed by atoms with E-state index in [1.165, 1.54) is 11.9 Å². The Morgan fingerprint density at radius 1 is 0.927 bits per heavy atom. The van der Waals surface area contributed by atoms with Crippen molar-refractivity contribution in [1.29, 1.82) is 0 Å². The molecular formula is C32H44N2O7. The molecule has 0 bridgehead atoms. The van der Waals surface area contributed by atoms with Gasteiger partial charge in [0.25, 0.3) is 0 Å². The molecule has 9 nitrogen and oxygen atoms in total. The summed E-state index contributed by atoms with van der Waals surface area (Å²) in [5.74, 6) is -1.25. The van der Waals surface area contributed by atoms with Gasteiger partial charge in [-0.15, -0.1) is 0 Å². The molecule has 0 radical (unpaired) electrons. The molecule has 2 aromatic rings. The predicted molar refractivity (Wildman–Crippen MR) is 157 cm³/mol. The second-order valence-electron chi connectivity index (χ2n) is 11.7. The average molecular weight is 569 g/mol. The minimum absolute atomic E-state index is 0.0525. The van der Waals surface area contributed by atoms with Gasteiger partial charge in [0.05, 0.1) is 13.2 Å². The summed E-state index contributed by atoms with van der Waals surface area (Å²) < 4.78 is 22.3. The summed E-state index contributed by atoms with van der Waals surface area (Å²) >= 11 is 0. The van der Waals surface area contributed by atoms with E-state index in [0.29, 0.717) is 19.6 Å². The average Bonchev–Trinajstić information content (AvgIpc) is 2.94. The van der Waals surface area contributed by atoms with Gasteiger partial charge in [-0.2, -0.15) is 0 Å². The van der Waals surface area contributed by atoms with Crippen LogP contribution in [0.25, 0.3) is 0 Å². The van der Waals surface area contributed by atoms with Gasteiger partial charge in [0.15, 0.2) is 0 Å². The topological polar surface area (TPSA) is 94.6 Å². The summed E-state index contributed by atoms with van der Waals surface area (Å²) in [6.07, 6.45) is -1.36. The van der Waals surface area contributed by atoms with Crippen molar-refractivity contribution in [2.75, 3.05) is 38.3 Å². The van der Waals surface area contributed by atoms with E-state index in [1.807, 2.05) is 68.4 Å². The Hall–Kier alpha value is -3.59. The van der Waals surface area contributed by atoms with Gasteiger partial charge in [-0.25, -0.2) is 14.4 Å². The Morgan fingerprint density at radius 3 is 2.15 bits per heavy atom. The normalized spacial score (nSPS) is 15.1. The van der Waals surface area contributed by atoms with Crippen LogP contribution in [-0.4, -0.2) is 74.0 Å². The molecule has 2 atom stereocenters. The number of ether oxygens (including phenoxy) is 4.